The Bertz CT molecular complexity index is 922. The van der Waals surface area contributed by atoms with Crippen LogP contribution in [0.1, 0.15) is 20.7 Å². The van der Waals surface area contributed by atoms with Crippen molar-refractivity contribution in [3.05, 3.63) is 81.0 Å². The zero-order chi connectivity index (χ0) is 17.8. The highest BCUT2D eigenvalue weighted by molar-refractivity contribution is 9.10. The van der Waals surface area contributed by atoms with Crippen LogP contribution in [0.4, 0.5) is 0 Å². The van der Waals surface area contributed by atoms with E-state index in [9.17, 15) is 9.59 Å². The molecular formula is C17H12Br2N4O2. The average Bonchev–Trinajstić information content (AvgIpc) is 3.06. The molecule has 0 bridgehead atoms. The van der Waals surface area contributed by atoms with E-state index in [0.29, 0.717) is 15.6 Å². The topological polar surface area (TPSA) is 76.0 Å². The highest BCUT2D eigenvalue weighted by Gasteiger charge is 2.11. The van der Waals surface area contributed by atoms with E-state index in [4.69, 9.17) is 0 Å². The number of rotatable bonds is 3. The largest absolute Gasteiger partial charge is 0.270 e. The third kappa shape index (κ3) is 4.15. The minimum Gasteiger partial charge on any atom is -0.267 e. The van der Waals surface area contributed by atoms with Gasteiger partial charge in [-0.25, -0.2) is 4.68 Å². The van der Waals surface area contributed by atoms with Gasteiger partial charge in [0.15, 0.2) is 0 Å². The maximum atomic E-state index is 12.1. The molecule has 0 aliphatic carbocycles. The molecule has 8 heteroatoms. The second-order valence-electron chi connectivity index (χ2n) is 5.04. The Labute approximate surface area is 160 Å². The summed E-state index contributed by atoms with van der Waals surface area (Å²) >= 11 is 6.63. The van der Waals surface area contributed by atoms with Gasteiger partial charge in [-0.3, -0.25) is 20.4 Å². The highest BCUT2D eigenvalue weighted by Crippen LogP contribution is 2.15. The molecule has 0 unspecified atom stereocenters. The van der Waals surface area contributed by atoms with Crippen LogP contribution >= 0.6 is 31.9 Å². The summed E-state index contributed by atoms with van der Waals surface area (Å²) in [7, 11) is 0. The fraction of sp³-hybridized carbons (Fsp3) is 0. The van der Waals surface area contributed by atoms with Crippen LogP contribution in [-0.4, -0.2) is 21.6 Å². The van der Waals surface area contributed by atoms with Crippen LogP contribution in [0.15, 0.2) is 69.9 Å². The molecule has 0 aliphatic heterocycles. The number of amides is 2. The predicted octanol–water partition coefficient (Wildman–Crippen LogP) is 3.47. The maximum Gasteiger partial charge on any atom is 0.270 e. The molecule has 2 N–H and O–H groups in total. The number of benzene rings is 2. The molecule has 25 heavy (non-hydrogen) atoms. The van der Waals surface area contributed by atoms with Crippen molar-refractivity contribution < 1.29 is 9.59 Å². The van der Waals surface area contributed by atoms with E-state index < -0.39 is 11.8 Å². The van der Waals surface area contributed by atoms with Crippen molar-refractivity contribution >= 4 is 43.7 Å². The van der Waals surface area contributed by atoms with E-state index >= 15 is 0 Å². The Morgan fingerprint density at radius 1 is 0.920 bits per heavy atom. The molecule has 1 heterocycles. The first-order chi connectivity index (χ1) is 12.0. The number of hydrogen-bond acceptors (Lipinski definition) is 3. The summed E-state index contributed by atoms with van der Waals surface area (Å²) in [6, 6.07) is 13.8. The fourth-order valence-electron chi connectivity index (χ4n) is 2.11. The van der Waals surface area contributed by atoms with Crippen molar-refractivity contribution in [1.29, 1.82) is 0 Å². The third-order valence-electron chi connectivity index (χ3n) is 3.35. The van der Waals surface area contributed by atoms with E-state index in [1.807, 2.05) is 6.20 Å². The van der Waals surface area contributed by atoms with Crippen molar-refractivity contribution in [3.63, 3.8) is 0 Å². The summed E-state index contributed by atoms with van der Waals surface area (Å²) in [6.07, 6.45) is 3.49. The van der Waals surface area contributed by atoms with Crippen LogP contribution in [0.5, 0.6) is 0 Å². The molecule has 0 atom stereocenters. The second kappa shape index (κ2) is 7.62. The maximum absolute atomic E-state index is 12.1. The molecular weight excluding hydrogens is 452 g/mol. The molecule has 1 aromatic heterocycles. The van der Waals surface area contributed by atoms with E-state index in [0.717, 1.165) is 10.2 Å². The molecule has 126 valence electrons. The molecule has 0 fully saturated rings. The van der Waals surface area contributed by atoms with Crippen LogP contribution < -0.4 is 10.9 Å². The van der Waals surface area contributed by atoms with E-state index in [1.165, 1.54) is 0 Å². The van der Waals surface area contributed by atoms with Gasteiger partial charge < -0.3 is 0 Å². The van der Waals surface area contributed by atoms with Crippen LogP contribution in [0.3, 0.4) is 0 Å². The third-order valence-corrected chi connectivity index (χ3v) is 4.45. The number of aromatic nitrogens is 2. The molecule has 0 saturated heterocycles. The van der Waals surface area contributed by atoms with Crippen molar-refractivity contribution in [3.8, 4) is 5.69 Å². The van der Waals surface area contributed by atoms with Gasteiger partial charge in [-0.2, -0.15) is 5.10 Å². The summed E-state index contributed by atoms with van der Waals surface area (Å²) in [4.78, 5) is 24.2. The lowest BCUT2D eigenvalue weighted by molar-refractivity contribution is 0.0846. The quantitative estimate of drug-likeness (QED) is 0.584. The number of carbonyl (C=O) groups excluding carboxylic acids is 2. The number of hydrazine groups is 1. The van der Waals surface area contributed by atoms with Gasteiger partial charge in [-0.05, 0) is 68.3 Å². The molecule has 0 aliphatic rings. The minimum absolute atomic E-state index is 0.404. The van der Waals surface area contributed by atoms with Crippen LogP contribution in [-0.2, 0) is 0 Å². The standard InChI is InChI=1S/C17H12Br2N4O2/c18-12-9-20-23(10-12)13-7-5-11(6-8-13)16(24)21-22-17(25)14-3-1-2-4-15(14)19/h1-10H,(H,21,24)(H,22,25). The van der Waals surface area contributed by atoms with Crippen molar-refractivity contribution in [2.45, 2.75) is 0 Å². The van der Waals surface area contributed by atoms with Gasteiger partial charge in [-0.15, -0.1) is 0 Å². The second-order valence-corrected chi connectivity index (χ2v) is 6.81. The van der Waals surface area contributed by atoms with Crippen molar-refractivity contribution in [1.82, 2.24) is 20.6 Å². The number of nitrogens with one attached hydrogen (secondary N) is 2. The van der Waals surface area contributed by atoms with Gasteiger partial charge in [0.05, 0.1) is 21.9 Å². The monoisotopic (exact) mass is 462 g/mol. The van der Waals surface area contributed by atoms with Crippen molar-refractivity contribution in [2.75, 3.05) is 0 Å². The first-order valence-electron chi connectivity index (χ1n) is 7.20. The number of carbonyl (C=O) groups is 2. The lowest BCUT2D eigenvalue weighted by atomic mass is 10.2. The van der Waals surface area contributed by atoms with Crippen LogP contribution in [0.25, 0.3) is 5.69 Å². The molecule has 6 nitrogen and oxygen atoms in total. The van der Waals surface area contributed by atoms with Gasteiger partial charge in [0, 0.05) is 16.2 Å². The zero-order valence-corrected chi connectivity index (χ0v) is 15.9. The summed E-state index contributed by atoms with van der Waals surface area (Å²) in [6.45, 7) is 0. The molecule has 0 radical (unpaired) electrons. The number of halogens is 2. The molecule has 3 aromatic rings. The summed E-state index contributed by atoms with van der Waals surface area (Å²) in [5.41, 5.74) is 6.46. The Balaban J connectivity index is 1.63. The highest BCUT2D eigenvalue weighted by atomic mass is 79.9. The first-order valence-corrected chi connectivity index (χ1v) is 8.79. The smallest absolute Gasteiger partial charge is 0.267 e. The summed E-state index contributed by atoms with van der Waals surface area (Å²) < 4.78 is 3.20. The van der Waals surface area contributed by atoms with E-state index in [-0.39, 0.29) is 0 Å². The van der Waals surface area contributed by atoms with Gasteiger partial charge in [0.25, 0.3) is 11.8 Å². The summed E-state index contributed by atoms with van der Waals surface area (Å²) in [5, 5.41) is 4.17. The molecule has 0 spiro atoms. The minimum atomic E-state index is -0.409. The number of hydrogen-bond donors (Lipinski definition) is 2. The Morgan fingerprint density at radius 3 is 2.24 bits per heavy atom. The Kier molecular flexibility index (Phi) is 5.30. The van der Waals surface area contributed by atoms with Gasteiger partial charge in [-0.1, -0.05) is 12.1 Å². The van der Waals surface area contributed by atoms with Crippen LogP contribution in [0, 0.1) is 0 Å². The fourth-order valence-corrected chi connectivity index (χ4v) is 2.86. The lowest BCUT2D eigenvalue weighted by Crippen LogP contribution is -2.41. The normalized spacial score (nSPS) is 10.3. The predicted molar refractivity (Wildman–Crippen MR) is 100 cm³/mol. The molecule has 2 amide bonds. The molecule has 0 saturated carbocycles. The van der Waals surface area contributed by atoms with E-state index in [1.54, 1.807) is 59.4 Å². The Hall–Kier alpha value is -2.45. The van der Waals surface area contributed by atoms with Gasteiger partial charge in [0.1, 0.15) is 0 Å². The summed E-state index contributed by atoms with van der Waals surface area (Å²) in [5.74, 6) is -0.813. The molecule has 3 rings (SSSR count). The van der Waals surface area contributed by atoms with Gasteiger partial charge in [0.2, 0.25) is 0 Å². The van der Waals surface area contributed by atoms with Gasteiger partial charge >= 0.3 is 0 Å². The number of nitrogens with zero attached hydrogens (tertiary/aromatic N) is 2. The average molecular weight is 464 g/mol. The SMILES string of the molecule is O=C(NNC(=O)c1ccccc1Br)c1ccc(-n2cc(Br)cn2)cc1. The lowest BCUT2D eigenvalue weighted by Gasteiger charge is -2.09. The molecule has 2 aromatic carbocycles. The zero-order valence-electron chi connectivity index (χ0n) is 12.7. The van der Waals surface area contributed by atoms with Crippen LogP contribution in [0.2, 0.25) is 0 Å². The first kappa shape index (κ1) is 17.4. The Morgan fingerprint density at radius 2 is 1.60 bits per heavy atom. The van der Waals surface area contributed by atoms with E-state index in [2.05, 4.69) is 47.8 Å². The van der Waals surface area contributed by atoms with Crippen molar-refractivity contribution in [2.24, 2.45) is 0 Å².